The van der Waals surface area contributed by atoms with Crippen molar-refractivity contribution in [2.45, 2.75) is 18.8 Å². The maximum absolute atomic E-state index is 5.49. The van der Waals surface area contributed by atoms with Crippen molar-refractivity contribution in [2.75, 3.05) is 27.3 Å². The molecule has 1 fully saturated rings. The van der Waals surface area contributed by atoms with Crippen LogP contribution < -0.4 is 14.8 Å². The predicted molar refractivity (Wildman–Crippen MR) is 94.2 cm³/mol. The highest BCUT2D eigenvalue weighted by atomic mass is 16.5. The lowest BCUT2D eigenvalue weighted by Gasteiger charge is -2.20. The Balaban J connectivity index is 1.81. The van der Waals surface area contributed by atoms with E-state index in [0.717, 1.165) is 60.2 Å². The molecule has 3 aromatic rings. The monoisotopic (exact) mass is 339 g/mol. The Hall–Kier alpha value is -2.67. The van der Waals surface area contributed by atoms with Gasteiger partial charge in [0.1, 0.15) is 11.5 Å². The number of aromatic nitrogens is 4. The summed E-state index contributed by atoms with van der Waals surface area (Å²) in [6, 6.07) is 9.56. The van der Waals surface area contributed by atoms with Gasteiger partial charge in [-0.3, -0.25) is 0 Å². The first kappa shape index (κ1) is 15.8. The zero-order valence-electron chi connectivity index (χ0n) is 14.4. The van der Waals surface area contributed by atoms with Gasteiger partial charge in [0.15, 0.2) is 11.5 Å². The van der Waals surface area contributed by atoms with E-state index in [2.05, 4.69) is 15.5 Å². The van der Waals surface area contributed by atoms with Gasteiger partial charge in [-0.05, 0) is 49.7 Å². The largest absolute Gasteiger partial charge is 0.497 e. The second-order valence-electron chi connectivity index (χ2n) is 6.16. The number of nitrogens with one attached hydrogen (secondary N) is 1. The van der Waals surface area contributed by atoms with Crippen molar-refractivity contribution in [1.82, 2.24) is 25.1 Å². The van der Waals surface area contributed by atoms with E-state index in [0.29, 0.717) is 5.92 Å². The number of rotatable bonds is 4. The van der Waals surface area contributed by atoms with E-state index in [9.17, 15) is 0 Å². The second-order valence-corrected chi connectivity index (χ2v) is 6.16. The Labute approximate surface area is 146 Å². The summed E-state index contributed by atoms with van der Waals surface area (Å²) in [6.07, 6.45) is 2.24. The van der Waals surface area contributed by atoms with E-state index in [4.69, 9.17) is 14.6 Å². The third-order valence-electron chi connectivity index (χ3n) is 4.63. The Morgan fingerprint density at radius 2 is 2.04 bits per heavy atom. The fourth-order valence-corrected chi connectivity index (χ4v) is 3.29. The molecule has 4 rings (SSSR count). The van der Waals surface area contributed by atoms with Crippen molar-refractivity contribution in [3.63, 3.8) is 0 Å². The van der Waals surface area contributed by atoms with Crippen molar-refractivity contribution < 1.29 is 9.47 Å². The number of fused-ring (bicyclic) bond motifs is 1. The molecule has 0 saturated carbocycles. The maximum Gasteiger partial charge on any atom is 0.177 e. The zero-order valence-corrected chi connectivity index (χ0v) is 14.4. The summed E-state index contributed by atoms with van der Waals surface area (Å²) in [4.78, 5) is 0. The van der Waals surface area contributed by atoms with E-state index >= 15 is 0 Å². The van der Waals surface area contributed by atoms with Crippen molar-refractivity contribution in [1.29, 1.82) is 0 Å². The van der Waals surface area contributed by atoms with Gasteiger partial charge >= 0.3 is 0 Å². The minimum atomic E-state index is 0.332. The van der Waals surface area contributed by atoms with Crippen LogP contribution in [0.1, 0.15) is 24.6 Å². The van der Waals surface area contributed by atoms with E-state index in [1.54, 1.807) is 14.2 Å². The summed E-state index contributed by atoms with van der Waals surface area (Å²) >= 11 is 0. The molecule has 1 aliphatic heterocycles. The number of hydrogen-bond acceptors (Lipinski definition) is 6. The van der Waals surface area contributed by atoms with Gasteiger partial charge < -0.3 is 14.8 Å². The molecule has 0 amide bonds. The standard InChI is InChI=1S/C18H21N5O2/c1-24-13-5-7-16(25-2)14(10-13)15-6-8-17-20-21-18(23(17)22-15)12-4-3-9-19-11-12/h5-8,10,12,19H,3-4,9,11H2,1-2H3/t12-/m1/s1. The fraction of sp³-hybridized carbons (Fsp3) is 0.389. The molecular formula is C18H21N5O2. The van der Waals surface area contributed by atoms with Crippen LogP contribution in [0.4, 0.5) is 0 Å². The summed E-state index contributed by atoms with van der Waals surface area (Å²) in [5.41, 5.74) is 2.43. The summed E-state index contributed by atoms with van der Waals surface area (Å²) in [5, 5.41) is 16.9. The molecule has 0 unspecified atom stereocenters. The molecule has 25 heavy (non-hydrogen) atoms. The molecule has 0 bridgehead atoms. The van der Waals surface area contributed by atoms with Crippen LogP contribution in [0.25, 0.3) is 16.9 Å². The number of methoxy groups -OCH3 is 2. The highest BCUT2D eigenvalue weighted by molar-refractivity contribution is 5.69. The van der Waals surface area contributed by atoms with Gasteiger partial charge in [-0.1, -0.05) is 0 Å². The summed E-state index contributed by atoms with van der Waals surface area (Å²) in [6.45, 7) is 1.97. The van der Waals surface area contributed by atoms with E-state index in [1.807, 2.05) is 34.8 Å². The van der Waals surface area contributed by atoms with Crippen molar-refractivity contribution in [3.05, 3.63) is 36.2 Å². The van der Waals surface area contributed by atoms with E-state index in [-0.39, 0.29) is 0 Å². The molecule has 1 saturated heterocycles. The molecule has 7 nitrogen and oxygen atoms in total. The van der Waals surface area contributed by atoms with Gasteiger partial charge in [-0.15, -0.1) is 10.2 Å². The molecule has 1 atom stereocenters. The third-order valence-corrected chi connectivity index (χ3v) is 4.63. The van der Waals surface area contributed by atoms with Crippen LogP contribution in [-0.4, -0.2) is 47.1 Å². The predicted octanol–water partition coefficient (Wildman–Crippen LogP) is 2.28. The van der Waals surface area contributed by atoms with Crippen LogP contribution in [0.5, 0.6) is 11.5 Å². The van der Waals surface area contributed by atoms with Gasteiger partial charge in [0, 0.05) is 18.0 Å². The molecule has 1 N–H and O–H groups in total. The lowest BCUT2D eigenvalue weighted by Crippen LogP contribution is -2.29. The topological polar surface area (TPSA) is 73.6 Å². The Morgan fingerprint density at radius 3 is 2.80 bits per heavy atom. The number of hydrogen-bond donors (Lipinski definition) is 1. The van der Waals surface area contributed by atoms with Crippen molar-refractivity contribution in [3.8, 4) is 22.8 Å². The molecule has 0 aliphatic carbocycles. The average Bonchev–Trinajstić information content (AvgIpc) is 3.11. The Kier molecular flexibility index (Phi) is 4.23. The normalized spacial score (nSPS) is 17.6. The molecule has 0 radical (unpaired) electrons. The Bertz CT molecular complexity index is 886. The van der Waals surface area contributed by atoms with Crippen molar-refractivity contribution >= 4 is 5.65 Å². The first-order chi connectivity index (χ1) is 12.3. The summed E-state index contributed by atoms with van der Waals surface area (Å²) < 4.78 is 12.7. The van der Waals surface area contributed by atoms with Crippen LogP contribution in [0, 0.1) is 0 Å². The van der Waals surface area contributed by atoms with Crippen molar-refractivity contribution in [2.24, 2.45) is 0 Å². The smallest absolute Gasteiger partial charge is 0.177 e. The Morgan fingerprint density at radius 1 is 1.12 bits per heavy atom. The molecular weight excluding hydrogens is 318 g/mol. The lowest BCUT2D eigenvalue weighted by molar-refractivity contribution is 0.404. The van der Waals surface area contributed by atoms with E-state index in [1.165, 1.54) is 0 Å². The molecule has 7 heteroatoms. The molecule has 1 aromatic carbocycles. The van der Waals surface area contributed by atoms with Gasteiger partial charge in [-0.2, -0.15) is 9.61 Å². The minimum absolute atomic E-state index is 0.332. The van der Waals surface area contributed by atoms with Gasteiger partial charge in [-0.25, -0.2) is 0 Å². The highest BCUT2D eigenvalue weighted by Crippen LogP contribution is 2.32. The number of nitrogens with zero attached hydrogens (tertiary/aromatic N) is 4. The van der Waals surface area contributed by atoms with Gasteiger partial charge in [0.25, 0.3) is 0 Å². The fourth-order valence-electron chi connectivity index (χ4n) is 3.29. The minimum Gasteiger partial charge on any atom is -0.497 e. The molecule has 0 spiro atoms. The quantitative estimate of drug-likeness (QED) is 0.786. The SMILES string of the molecule is COc1ccc(OC)c(-c2ccc3nnc([C@@H]4CCCNC4)n3n2)c1. The van der Waals surface area contributed by atoms with Crippen LogP contribution >= 0.6 is 0 Å². The maximum atomic E-state index is 5.49. The number of ether oxygens (including phenoxy) is 2. The first-order valence-corrected chi connectivity index (χ1v) is 8.45. The average molecular weight is 339 g/mol. The van der Waals surface area contributed by atoms with Gasteiger partial charge in [0.05, 0.1) is 19.9 Å². The number of benzene rings is 1. The molecule has 1 aliphatic rings. The third kappa shape index (κ3) is 2.91. The second kappa shape index (κ2) is 6.68. The van der Waals surface area contributed by atoms with E-state index < -0.39 is 0 Å². The van der Waals surface area contributed by atoms with Gasteiger partial charge in [0.2, 0.25) is 0 Å². The zero-order chi connectivity index (χ0) is 17.2. The lowest BCUT2D eigenvalue weighted by atomic mass is 9.99. The molecule has 2 aromatic heterocycles. The molecule has 3 heterocycles. The highest BCUT2D eigenvalue weighted by Gasteiger charge is 2.22. The van der Waals surface area contributed by atoms with Crippen LogP contribution in [0.15, 0.2) is 30.3 Å². The number of piperidine rings is 1. The summed E-state index contributed by atoms with van der Waals surface area (Å²) in [7, 11) is 3.30. The molecule has 130 valence electrons. The first-order valence-electron chi connectivity index (χ1n) is 8.45. The van der Waals surface area contributed by atoms with Crippen LogP contribution in [0.2, 0.25) is 0 Å². The van der Waals surface area contributed by atoms with Crippen LogP contribution in [0.3, 0.4) is 0 Å². The van der Waals surface area contributed by atoms with Crippen LogP contribution in [-0.2, 0) is 0 Å². The summed E-state index contributed by atoms with van der Waals surface area (Å²) in [5.74, 6) is 2.75.